The number of likely N-dealkylation sites (N-methyl/N-ethyl adjacent to an activating group) is 1. The number of nitrogens with zero attached hydrogens (tertiary/aromatic N) is 1. The van der Waals surface area contributed by atoms with Crippen molar-refractivity contribution in [1.29, 1.82) is 0 Å². The summed E-state index contributed by atoms with van der Waals surface area (Å²) in [6.45, 7) is 4.48. The van der Waals surface area contributed by atoms with Gasteiger partial charge in [-0.3, -0.25) is 4.79 Å². The lowest BCUT2D eigenvalue weighted by atomic mass is 10.0. The lowest BCUT2D eigenvalue weighted by molar-refractivity contribution is -0.122. The summed E-state index contributed by atoms with van der Waals surface area (Å²) in [5.74, 6) is -0.0109. The molecule has 19 heavy (non-hydrogen) atoms. The Morgan fingerprint density at radius 1 is 1.32 bits per heavy atom. The zero-order chi connectivity index (χ0) is 14.5. The first-order valence-corrected chi connectivity index (χ1v) is 6.56. The summed E-state index contributed by atoms with van der Waals surface area (Å²) < 4.78 is 0. The Morgan fingerprint density at radius 3 is 2.37 bits per heavy atom. The third-order valence-electron chi connectivity index (χ3n) is 2.70. The number of amides is 1. The lowest BCUT2D eigenvalue weighted by Crippen LogP contribution is -2.42. The van der Waals surface area contributed by atoms with Gasteiger partial charge < -0.3 is 16.0 Å². The minimum Gasteiger partial charge on any atom is -0.348 e. The van der Waals surface area contributed by atoms with Crippen molar-refractivity contribution in [1.82, 2.24) is 10.2 Å². The smallest absolute Gasteiger partial charge is 0.222 e. The molecule has 0 aliphatic carbocycles. The fraction of sp³-hybridized carbons (Fsp3) is 0.533. The summed E-state index contributed by atoms with van der Waals surface area (Å²) in [5.41, 5.74) is 6.51. The average Bonchev–Trinajstić information content (AvgIpc) is 2.26. The van der Waals surface area contributed by atoms with E-state index in [1.165, 1.54) is 0 Å². The van der Waals surface area contributed by atoms with Gasteiger partial charge in [-0.2, -0.15) is 0 Å². The summed E-state index contributed by atoms with van der Waals surface area (Å²) in [7, 11) is 3.99. The molecule has 1 amide bonds. The predicted molar refractivity (Wildman–Crippen MR) is 78.8 cm³/mol. The van der Waals surface area contributed by atoms with Crippen molar-refractivity contribution in [2.75, 3.05) is 20.6 Å². The summed E-state index contributed by atoms with van der Waals surface area (Å²) in [5, 5.41) is 3.06. The number of hydrogen-bond donors (Lipinski definition) is 2. The summed E-state index contributed by atoms with van der Waals surface area (Å²) in [6.07, 6.45) is 0.323. The van der Waals surface area contributed by atoms with Crippen molar-refractivity contribution >= 4 is 5.91 Å². The van der Waals surface area contributed by atoms with Crippen molar-refractivity contribution < 1.29 is 4.79 Å². The average molecular weight is 263 g/mol. The maximum atomic E-state index is 12.0. The number of carbonyl (C=O) groups is 1. The SMILES string of the molecule is CN(C)CC(NC(=O)CC(C)(C)N)c1ccccc1. The van der Waals surface area contributed by atoms with Gasteiger partial charge in [0.25, 0.3) is 0 Å². The largest absolute Gasteiger partial charge is 0.348 e. The van der Waals surface area contributed by atoms with E-state index in [0.29, 0.717) is 6.42 Å². The molecule has 3 N–H and O–H groups in total. The van der Waals surface area contributed by atoms with Crippen molar-refractivity contribution in [3.63, 3.8) is 0 Å². The molecule has 4 nitrogen and oxygen atoms in total. The van der Waals surface area contributed by atoms with Crippen molar-refractivity contribution in [3.05, 3.63) is 35.9 Å². The van der Waals surface area contributed by atoms with E-state index in [9.17, 15) is 4.79 Å². The van der Waals surface area contributed by atoms with E-state index in [1.807, 2.05) is 58.3 Å². The molecule has 0 aromatic heterocycles. The molecule has 1 aromatic rings. The second kappa shape index (κ2) is 6.68. The van der Waals surface area contributed by atoms with Gasteiger partial charge in [-0.25, -0.2) is 0 Å². The van der Waals surface area contributed by atoms with E-state index in [2.05, 4.69) is 10.2 Å². The van der Waals surface area contributed by atoms with Gasteiger partial charge in [-0.05, 0) is 33.5 Å². The number of rotatable bonds is 6. The Kier molecular flexibility index (Phi) is 5.51. The molecule has 4 heteroatoms. The molecule has 0 heterocycles. The molecule has 1 rings (SSSR count). The Hall–Kier alpha value is -1.39. The molecular weight excluding hydrogens is 238 g/mol. The number of nitrogens with one attached hydrogen (secondary N) is 1. The van der Waals surface area contributed by atoms with Crippen LogP contribution in [0, 0.1) is 0 Å². The molecule has 106 valence electrons. The van der Waals surface area contributed by atoms with Crippen LogP contribution in [0.25, 0.3) is 0 Å². The second-order valence-electron chi connectivity index (χ2n) is 5.96. The van der Waals surface area contributed by atoms with Crippen LogP contribution in [0.15, 0.2) is 30.3 Å². The van der Waals surface area contributed by atoms with Crippen LogP contribution in [0.4, 0.5) is 0 Å². The lowest BCUT2D eigenvalue weighted by Gasteiger charge is -2.25. The van der Waals surface area contributed by atoms with Gasteiger partial charge in [0.1, 0.15) is 0 Å². The van der Waals surface area contributed by atoms with Crippen LogP contribution in [0.3, 0.4) is 0 Å². The summed E-state index contributed by atoms with van der Waals surface area (Å²) in [4.78, 5) is 14.1. The van der Waals surface area contributed by atoms with Gasteiger partial charge in [0.2, 0.25) is 5.91 Å². The van der Waals surface area contributed by atoms with Crippen molar-refractivity contribution in [2.24, 2.45) is 5.73 Å². The zero-order valence-electron chi connectivity index (χ0n) is 12.3. The molecule has 0 fully saturated rings. The normalized spacial score (nSPS) is 13.4. The van der Waals surface area contributed by atoms with Crippen LogP contribution >= 0.6 is 0 Å². The second-order valence-corrected chi connectivity index (χ2v) is 5.96. The van der Waals surface area contributed by atoms with Crippen LogP contribution < -0.4 is 11.1 Å². The van der Waals surface area contributed by atoms with Crippen LogP contribution in [-0.2, 0) is 4.79 Å². The number of nitrogens with two attached hydrogens (primary N) is 1. The first-order valence-electron chi connectivity index (χ1n) is 6.56. The highest BCUT2D eigenvalue weighted by atomic mass is 16.1. The molecular formula is C15H25N3O. The van der Waals surface area contributed by atoms with Crippen molar-refractivity contribution in [3.8, 4) is 0 Å². The molecule has 0 saturated heterocycles. The standard InChI is InChI=1S/C15H25N3O/c1-15(2,16)10-14(19)17-13(11-18(3)4)12-8-6-5-7-9-12/h5-9,13H,10-11,16H2,1-4H3,(H,17,19). The van der Waals surface area contributed by atoms with Gasteiger partial charge in [0.05, 0.1) is 6.04 Å². The third-order valence-corrected chi connectivity index (χ3v) is 2.70. The van der Waals surface area contributed by atoms with E-state index in [4.69, 9.17) is 5.73 Å². The van der Waals surface area contributed by atoms with Gasteiger partial charge in [-0.1, -0.05) is 30.3 Å². The van der Waals surface area contributed by atoms with Crippen molar-refractivity contribution in [2.45, 2.75) is 31.8 Å². The Morgan fingerprint density at radius 2 is 1.89 bits per heavy atom. The Bertz CT molecular complexity index is 396. The molecule has 0 radical (unpaired) electrons. The quantitative estimate of drug-likeness (QED) is 0.818. The topological polar surface area (TPSA) is 58.4 Å². The molecule has 1 unspecified atom stereocenters. The number of hydrogen-bond acceptors (Lipinski definition) is 3. The fourth-order valence-corrected chi connectivity index (χ4v) is 1.94. The Labute approximate surface area is 116 Å². The first-order chi connectivity index (χ1) is 8.78. The summed E-state index contributed by atoms with van der Waals surface area (Å²) >= 11 is 0. The van der Waals surface area contributed by atoms with Crippen LogP contribution in [-0.4, -0.2) is 37.0 Å². The van der Waals surface area contributed by atoms with Gasteiger partial charge in [0, 0.05) is 18.5 Å². The highest BCUT2D eigenvalue weighted by molar-refractivity contribution is 5.77. The van der Waals surface area contributed by atoms with Gasteiger partial charge >= 0.3 is 0 Å². The number of benzene rings is 1. The van der Waals surface area contributed by atoms with Crippen LogP contribution in [0.5, 0.6) is 0 Å². The molecule has 0 aliphatic heterocycles. The van der Waals surface area contributed by atoms with E-state index in [1.54, 1.807) is 0 Å². The van der Waals surface area contributed by atoms with E-state index in [0.717, 1.165) is 12.1 Å². The third kappa shape index (κ3) is 6.36. The Balaban J connectivity index is 2.73. The van der Waals surface area contributed by atoms with Crippen LogP contribution in [0.1, 0.15) is 31.9 Å². The molecule has 0 aliphatic rings. The molecule has 0 bridgehead atoms. The predicted octanol–water partition coefficient (Wildman–Crippen LogP) is 1.53. The fourth-order valence-electron chi connectivity index (χ4n) is 1.94. The highest BCUT2D eigenvalue weighted by Crippen LogP contribution is 2.14. The first kappa shape index (κ1) is 15.7. The molecule has 0 spiro atoms. The van der Waals surface area contributed by atoms with Crippen LogP contribution in [0.2, 0.25) is 0 Å². The van der Waals surface area contributed by atoms with Gasteiger partial charge in [-0.15, -0.1) is 0 Å². The maximum Gasteiger partial charge on any atom is 0.222 e. The minimum absolute atomic E-state index is 0.00829. The zero-order valence-corrected chi connectivity index (χ0v) is 12.3. The van der Waals surface area contributed by atoms with E-state index in [-0.39, 0.29) is 11.9 Å². The monoisotopic (exact) mass is 263 g/mol. The van der Waals surface area contributed by atoms with E-state index >= 15 is 0 Å². The molecule has 1 aromatic carbocycles. The summed E-state index contributed by atoms with van der Waals surface area (Å²) in [6, 6.07) is 9.99. The maximum absolute atomic E-state index is 12.0. The van der Waals surface area contributed by atoms with E-state index < -0.39 is 5.54 Å². The molecule has 1 atom stereocenters. The minimum atomic E-state index is -0.483. The molecule has 0 saturated carbocycles. The highest BCUT2D eigenvalue weighted by Gasteiger charge is 2.20. The van der Waals surface area contributed by atoms with Gasteiger partial charge in [0.15, 0.2) is 0 Å². The number of carbonyl (C=O) groups excluding carboxylic acids is 1.